The van der Waals surface area contributed by atoms with E-state index in [4.69, 9.17) is 5.73 Å². The highest BCUT2D eigenvalue weighted by Gasteiger charge is 2.30. The molecule has 4 heteroatoms. The van der Waals surface area contributed by atoms with Gasteiger partial charge in [0.15, 0.2) is 0 Å². The van der Waals surface area contributed by atoms with Crippen LogP contribution in [-0.2, 0) is 6.54 Å². The summed E-state index contributed by atoms with van der Waals surface area (Å²) in [6.45, 7) is 7.10. The lowest BCUT2D eigenvalue weighted by Gasteiger charge is -2.37. The fourth-order valence-corrected chi connectivity index (χ4v) is 3.42. The van der Waals surface area contributed by atoms with Crippen molar-refractivity contribution in [1.82, 2.24) is 9.80 Å². The Morgan fingerprint density at radius 1 is 1.35 bits per heavy atom. The van der Waals surface area contributed by atoms with Gasteiger partial charge in [-0.1, -0.05) is 12.1 Å². The van der Waals surface area contributed by atoms with Gasteiger partial charge < -0.3 is 5.73 Å². The summed E-state index contributed by atoms with van der Waals surface area (Å²) in [5.74, 6) is -0.117. The van der Waals surface area contributed by atoms with E-state index in [0.717, 1.165) is 37.3 Å². The molecule has 0 radical (unpaired) electrons. The van der Waals surface area contributed by atoms with Gasteiger partial charge in [-0.2, -0.15) is 0 Å². The summed E-state index contributed by atoms with van der Waals surface area (Å²) in [6.07, 6.45) is 2.61. The molecule has 0 bridgehead atoms. The van der Waals surface area contributed by atoms with E-state index in [2.05, 4.69) is 9.80 Å². The Hall–Kier alpha value is -0.970. The van der Waals surface area contributed by atoms with Gasteiger partial charge in [-0.25, -0.2) is 4.39 Å². The SMILES string of the molecule is C[C@H](N)c1ccc(CN2CCN3CCC[C@H]3C2)c(F)c1. The van der Waals surface area contributed by atoms with E-state index in [-0.39, 0.29) is 11.9 Å². The van der Waals surface area contributed by atoms with Gasteiger partial charge in [0.05, 0.1) is 0 Å². The molecule has 2 fully saturated rings. The molecule has 0 saturated carbocycles. The van der Waals surface area contributed by atoms with Gasteiger partial charge >= 0.3 is 0 Å². The zero-order chi connectivity index (χ0) is 14.1. The third-order valence-corrected chi connectivity index (χ3v) is 4.67. The van der Waals surface area contributed by atoms with Crippen LogP contribution in [0.4, 0.5) is 4.39 Å². The molecule has 1 aromatic carbocycles. The lowest BCUT2D eigenvalue weighted by atomic mass is 10.0. The first-order chi connectivity index (χ1) is 9.63. The van der Waals surface area contributed by atoms with Crippen LogP contribution in [0.1, 0.15) is 36.9 Å². The zero-order valence-electron chi connectivity index (χ0n) is 12.2. The van der Waals surface area contributed by atoms with E-state index < -0.39 is 0 Å². The minimum absolute atomic E-state index is 0.111. The van der Waals surface area contributed by atoms with Crippen molar-refractivity contribution in [3.05, 3.63) is 35.1 Å². The second kappa shape index (κ2) is 5.80. The normalized spacial score (nSPS) is 25.6. The van der Waals surface area contributed by atoms with E-state index >= 15 is 0 Å². The molecule has 0 spiro atoms. The van der Waals surface area contributed by atoms with Crippen molar-refractivity contribution >= 4 is 0 Å². The molecule has 20 heavy (non-hydrogen) atoms. The van der Waals surface area contributed by atoms with Crippen LogP contribution in [0.5, 0.6) is 0 Å². The number of nitrogens with two attached hydrogens (primary N) is 1. The predicted molar refractivity (Wildman–Crippen MR) is 78.9 cm³/mol. The average molecular weight is 277 g/mol. The molecule has 110 valence electrons. The standard InChI is InChI=1S/C16H24FN3/c1-12(18)13-4-5-14(16(17)9-13)10-19-7-8-20-6-2-3-15(20)11-19/h4-5,9,12,15H,2-3,6-8,10-11,18H2,1H3/t12-,15-/m0/s1. The fourth-order valence-electron chi connectivity index (χ4n) is 3.42. The molecule has 3 rings (SSSR count). The number of rotatable bonds is 3. The Bertz CT molecular complexity index is 475. The molecule has 0 amide bonds. The molecule has 0 aromatic heterocycles. The summed E-state index contributed by atoms with van der Waals surface area (Å²) < 4.78 is 14.1. The average Bonchev–Trinajstić information content (AvgIpc) is 2.88. The number of hydrogen-bond acceptors (Lipinski definition) is 3. The van der Waals surface area contributed by atoms with E-state index in [1.807, 2.05) is 19.1 Å². The van der Waals surface area contributed by atoms with Crippen LogP contribution in [0.2, 0.25) is 0 Å². The first kappa shape index (κ1) is 14.0. The summed E-state index contributed by atoms with van der Waals surface area (Å²) in [4.78, 5) is 4.96. The van der Waals surface area contributed by atoms with E-state index in [0.29, 0.717) is 6.04 Å². The van der Waals surface area contributed by atoms with Crippen LogP contribution in [0.15, 0.2) is 18.2 Å². The third kappa shape index (κ3) is 2.87. The van der Waals surface area contributed by atoms with E-state index in [1.165, 1.54) is 19.4 Å². The number of nitrogens with zero attached hydrogens (tertiary/aromatic N) is 2. The van der Waals surface area contributed by atoms with Crippen LogP contribution in [-0.4, -0.2) is 42.0 Å². The largest absolute Gasteiger partial charge is 0.324 e. The van der Waals surface area contributed by atoms with Crippen molar-refractivity contribution in [2.24, 2.45) is 5.73 Å². The third-order valence-electron chi connectivity index (χ3n) is 4.67. The van der Waals surface area contributed by atoms with Gasteiger partial charge in [0.1, 0.15) is 5.82 Å². The van der Waals surface area contributed by atoms with Gasteiger partial charge in [-0.15, -0.1) is 0 Å². The van der Waals surface area contributed by atoms with Crippen molar-refractivity contribution in [2.45, 2.75) is 38.4 Å². The van der Waals surface area contributed by atoms with Crippen LogP contribution in [0, 0.1) is 5.82 Å². The second-order valence-electron chi connectivity index (χ2n) is 6.21. The maximum absolute atomic E-state index is 14.1. The van der Waals surface area contributed by atoms with Gasteiger partial charge in [-0.3, -0.25) is 9.80 Å². The highest BCUT2D eigenvalue weighted by atomic mass is 19.1. The van der Waals surface area contributed by atoms with Crippen LogP contribution in [0.3, 0.4) is 0 Å². The first-order valence-corrected chi connectivity index (χ1v) is 7.64. The Morgan fingerprint density at radius 2 is 2.20 bits per heavy atom. The fraction of sp³-hybridized carbons (Fsp3) is 0.625. The van der Waals surface area contributed by atoms with Crippen LogP contribution < -0.4 is 5.73 Å². The van der Waals surface area contributed by atoms with Crippen LogP contribution in [0.25, 0.3) is 0 Å². The monoisotopic (exact) mass is 277 g/mol. The number of hydrogen-bond donors (Lipinski definition) is 1. The minimum atomic E-state index is -0.117. The molecule has 0 unspecified atom stereocenters. The summed E-state index contributed by atoms with van der Waals surface area (Å²) >= 11 is 0. The van der Waals surface area contributed by atoms with Crippen molar-refractivity contribution in [3.63, 3.8) is 0 Å². The Labute approximate surface area is 120 Å². The molecular formula is C16H24FN3. The lowest BCUT2D eigenvalue weighted by molar-refractivity contribution is 0.0985. The molecule has 1 aromatic rings. The number of piperazine rings is 1. The maximum atomic E-state index is 14.1. The smallest absolute Gasteiger partial charge is 0.128 e. The second-order valence-corrected chi connectivity index (χ2v) is 6.21. The van der Waals surface area contributed by atoms with E-state index in [1.54, 1.807) is 6.07 Å². The van der Waals surface area contributed by atoms with Crippen molar-refractivity contribution < 1.29 is 4.39 Å². The molecule has 2 saturated heterocycles. The maximum Gasteiger partial charge on any atom is 0.128 e. The molecule has 2 N–H and O–H groups in total. The Morgan fingerprint density at radius 3 is 2.95 bits per heavy atom. The molecule has 2 aliphatic rings. The number of fused-ring (bicyclic) bond motifs is 1. The van der Waals surface area contributed by atoms with E-state index in [9.17, 15) is 4.39 Å². The summed E-state index contributed by atoms with van der Waals surface area (Å²) in [7, 11) is 0. The molecule has 3 nitrogen and oxygen atoms in total. The summed E-state index contributed by atoms with van der Waals surface area (Å²) in [6, 6.07) is 6.02. The number of benzene rings is 1. The Balaban J connectivity index is 1.65. The number of halogens is 1. The lowest BCUT2D eigenvalue weighted by Crippen LogP contribution is -2.49. The van der Waals surface area contributed by atoms with Crippen molar-refractivity contribution in [3.8, 4) is 0 Å². The zero-order valence-corrected chi connectivity index (χ0v) is 12.2. The van der Waals surface area contributed by atoms with Crippen molar-refractivity contribution in [1.29, 1.82) is 0 Å². The van der Waals surface area contributed by atoms with Gasteiger partial charge in [0.25, 0.3) is 0 Å². The quantitative estimate of drug-likeness (QED) is 0.918. The predicted octanol–water partition coefficient (Wildman–Crippen LogP) is 2.13. The van der Waals surface area contributed by atoms with Crippen LogP contribution >= 0.6 is 0 Å². The van der Waals surface area contributed by atoms with Gasteiger partial charge in [-0.05, 0) is 37.9 Å². The molecule has 2 atom stereocenters. The molecule has 2 aliphatic heterocycles. The highest BCUT2D eigenvalue weighted by molar-refractivity contribution is 5.26. The minimum Gasteiger partial charge on any atom is -0.324 e. The molecule has 0 aliphatic carbocycles. The Kier molecular flexibility index (Phi) is 4.06. The van der Waals surface area contributed by atoms with Gasteiger partial charge in [0.2, 0.25) is 0 Å². The molecular weight excluding hydrogens is 253 g/mol. The first-order valence-electron chi connectivity index (χ1n) is 7.64. The summed E-state index contributed by atoms with van der Waals surface area (Å²) in [5, 5.41) is 0. The van der Waals surface area contributed by atoms with Gasteiger partial charge in [0, 0.05) is 43.8 Å². The highest BCUT2D eigenvalue weighted by Crippen LogP contribution is 2.23. The van der Waals surface area contributed by atoms with Crippen molar-refractivity contribution in [2.75, 3.05) is 26.2 Å². The topological polar surface area (TPSA) is 32.5 Å². The summed E-state index contributed by atoms with van der Waals surface area (Å²) in [5.41, 5.74) is 7.45. The molecule has 2 heterocycles.